The number of carbonyl (C=O) groups is 1. The zero-order valence-corrected chi connectivity index (χ0v) is 10.6. The molecule has 18 heavy (non-hydrogen) atoms. The molecule has 0 fully saturated rings. The summed E-state index contributed by atoms with van der Waals surface area (Å²) in [5, 5.41) is 1.83. The third-order valence-corrected chi connectivity index (χ3v) is 2.70. The number of benzene rings is 2. The number of anilines is 1. The predicted molar refractivity (Wildman–Crippen MR) is 71.7 cm³/mol. The van der Waals surface area contributed by atoms with Crippen LogP contribution in [0, 0.1) is 0 Å². The Hall–Kier alpha value is -1.84. The number of nitrogens with zero attached hydrogens (tertiary/aromatic N) is 1. The largest absolute Gasteiger partial charge is 0.282 e. The van der Waals surface area contributed by atoms with E-state index in [0.29, 0.717) is 16.3 Å². The Morgan fingerprint density at radius 2 is 1.67 bits per heavy atom. The molecular formula is C14H12ClNO2. The lowest BCUT2D eigenvalue weighted by Gasteiger charge is -2.19. The van der Waals surface area contributed by atoms with Crippen molar-refractivity contribution in [2.45, 2.75) is 0 Å². The molecule has 2 aromatic rings. The van der Waals surface area contributed by atoms with Crippen molar-refractivity contribution in [2.75, 3.05) is 12.2 Å². The molecule has 0 saturated carbocycles. The first-order valence-corrected chi connectivity index (χ1v) is 5.79. The topological polar surface area (TPSA) is 29.5 Å². The minimum Gasteiger partial charge on any atom is -0.269 e. The Bertz CT molecular complexity index is 525. The molecular weight excluding hydrogens is 250 g/mol. The summed E-state index contributed by atoms with van der Waals surface area (Å²) >= 11 is 5.79. The van der Waals surface area contributed by atoms with Crippen LogP contribution in [0.4, 0.5) is 5.69 Å². The number of para-hydroxylation sites is 1. The predicted octanol–water partition coefficient (Wildman–Crippen LogP) is 3.55. The van der Waals surface area contributed by atoms with Crippen molar-refractivity contribution in [1.82, 2.24) is 0 Å². The van der Waals surface area contributed by atoms with Crippen LogP contribution in [-0.2, 0) is 4.84 Å². The Morgan fingerprint density at radius 1 is 1.06 bits per heavy atom. The van der Waals surface area contributed by atoms with E-state index in [4.69, 9.17) is 16.4 Å². The van der Waals surface area contributed by atoms with Crippen LogP contribution < -0.4 is 5.06 Å². The van der Waals surface area contributed by atoms with E-state index in [1.165, 1.54) is 12.2 Å². The average molecular weight is 262 g/mol. The lowest BCUT2D eigenvalue weighted by atomic mass is 10.2. The third kappa shape index (κ3) is 2.70. The first-order valence-electron chi connectivity index (χ1n) is 5.41. The summed E-state index contributed by atoms with van der Waals surface area (Å²) in [6, 6.07) is 15.9. The van der Waals surface area contributed by atoms with E-state index in [2.05, 4.69) is 0 Å². The Morgan fingerprint density at radius 3 is 2.22 bits per heavy atom. The molecule has 0 aliphatic rings. The maximum Gasteiger partial charge on any atom is 0.282 e. The molecule has 0 aliphatic carbocycles. The number of hydroxylamine groups is 1. The summed E-state index contributed by atoms with van der Waals surface area (Å²) in [5.41, 5.74) is 1.20. The fourth-order valence-corrected chi connectivity index (χ4v) is 1.70. The quantitative estimate of drug-likeness (QED) is 0.791. The van der Waals surface area contributed by atoms with E-state index < -0.39 is 0 Å². The molecule has 0 spiro atoms. The van der Waals surface area contributed by atoms with E-state index in [9.17, 15) is 4.79 Å². The third-order valence-electron chi connectivity index (χ3n) is 2.45. The smallest absolute Gasteiger partial charge is 0.269 e. The molecule has 4 heteroatoms. The highest BCUT2D eigenvalue weighted by Crippen LogP contribution is 2.18. The van der Waals surface area contributed by atoms with Crippen LogP contribution >= 0.6 is 11.6 Å². The van der Waals surface area contributed by atoms with Gasteiger partial charge in [0.2, 0.25) is 0 Å². The Labute approximate surface area is 111 Å². The second-order valence-corrected chi connectivity index (χ2v) is 4.06. The second-order valence-electron chi connectivity index (χ2n) is 3.62. The number of carbonyl (C=O) groups excluding carboxylic acids is 1. The normalized spacial score (nSPS) is 10.1. The first kappa shape index (κ1) is 12.6. The Kier molecular flexibility index (Phi) is 3.97. The lowest BCUT2D eigenvalue weighted by molar-refractivity contribution is 0.0773. The zero-order valence-electron chi connectivity index (χ0n) is 9.84. The number of rotatable bonds is 3. The molecule has 0 saturated heterocycles. The fraction of sp³-hybridized carbons (Fsp3) is 0.0714. The van der Waals surface area contributed by atoms with Crippen LogP contribution in [-0.4, -0.2) is 13.0 Å². The van der Waals surface area contributed by atoms with Gasteiger partial charge in [-0.05, 0) is 36.4 Å². The van der Waals surface area contributed by atoms with E-state index in [1.54, 1.807) is 36.4 Å². The van der Waals surface area contributed by atoms with Gasteiger partial charge >= 0.3 is 0 Å². The maximum absolute atomic E-state index is 12.2. The summed E-state index contributed by atoms with van der Waals surface area (Å²) in [7, 11) is 1.46. The average Bonchev–Trinajstić information content (AvgIpc) is 2.41. The van der Waals surface area contributed by atoms with Gasteiger partial charge < -0.3 is 0 Å². The number of hydrogen-bond donors (Lipinski definition) is 0. The minimum absolute atomic E-state index is 0.236. The molecule has 0 heterocycles. The van der Waals surface area contributed by atoms with Crippen molar-refractivity contribution in [3.05, 3.63) is 65.2 Å². The molecule has 1 amide bonds. The molecule has 0 unspecified atom stereocenters. The molecule has 0 aromatic heterocycles. The van der Waals surface area contributed by atoms with Crippen molar-refractivity contribution in [3.8, 4) is 0 Å². The van der Waals surface area contributed by atoms with Gasteiger partial charge in [-0.25, -0.2) is 0 Å². The molecule has 0 bridgehead atoms. The van der Waals surface area contributed by atoms with Crippen molar-refractivity contribution in [1.29, 1.82) is 0 Å². The van der Waals surface area contributed by atoms with Gasteiger partial charge in [0.05, 0.1) is 12.8 Å². The molecule has 3 nitrogen and oxygen atoms in total. The van der Waals surface area contributed by atoms with Crippen molar-refractivity contribution < 1.29 is 9.63 Å². The number of halogens is 1. The van der Waals surface area contributed by atoms with Crippen LogP contribution in [0.25, 0.3) is 0 Å². The highest BCUT2D eigenvalue weighted by Gasteiger charge is 2.17. The number of amides is 1. The van der Waals surface area contributed by atoms with Gasteiger partial charge in [0.15, 0.2) is 0 Å². The standard InChI is InChI=1S/C14H12ClNO2/c1-18-16(13-5-3-2-4-6-13)14(17)11-7-9-12(15)10-8-11/h2-10H,1H3. The molecule has 92 valence electrons. The second kappa shape index (κ2) is 5.67. The van der Waals surface area contributed by atoms with E-state index in [-0.39, 0.29) is 5.91 Å². The molecule has 0 aliphatic heterocycles. The van der Waals surface area contributed by atoms with Crippen LogP contribution in [0.5, 0.6) is 0 Å². The van der Waals surface area contributed by atoms with Gasteiger partial charge in [0.25, 0.3) is 5.91 Å². The van der Waals surface area contributed by atoms with Crippen molar-refractivity contribution in [2.24, 2.45) is 0 Å². The minimum atomic E-state index is -0.236. The van der Waals surface area contributed by atoms with Crippen LogP contribution in [0.15, 0.2) is 54.6 Å². The van der Waals surface area contributed by atoms with Gasteiger partial charge in [-0.3, -0.25) is 9.63 Å². The van der Waals surface area contributed by atoms with Crippen LogP contribution in [0.3, 0.4) is 0 Å². The number of hydrogen-bond acceptors (Lipinski definition) is 2. The summed E-state index contributed by atoms with van der Waals surface area (Å²) in [6.07, 6.45) is 0. The van der Waals surface area contributed by atoms with E-state index in [0.717, 1.165) is 0 Å². The molecule has 0 atom stereocenters. The maximum atomic E-state index is 12.2. The van der Waals surface area contributed by atoms with Gasteiger partial charge in [0.1, 0.15) is 0 Å². The highest BCUT2D eigenvalue weighted by molar-refractivity contribution is 6.30. The summed E-state index contributed by atoms with van der Waals surface area (Å²) < 4.78 is 0. The van der Waals surface area contributed by atoms with E-state index >= 15 is 0 Å². The molecule has 0 N–H and O–H groups in total. The highest BCUT2D eigenvalue weighted by atomic mass is 35.5. The van der Waals surface area contributed by atoms with Gasteiger partial charge in [0, 0.05) is 10.6 Å². The van der Waals surface area contributed by atoms with Crippen LogP contribution in [0.2, 0.25) is 5.02 Å². The van der Waals surface area contributed by atoms with Crippen LogP contribution in [0.1, 0.15) is 10.4 Å². The molecule has 2 aromatic carbocycles. The first-order chi connectivity index (χ1) is 8.72. The monoisotopic (exact) mass is 261 g/mol. The van der Waals surface area contributed by atoms with Gasteiger partial charge in [-0.2, -0.15) is 5.06 Å². The van der Waals surface area contributed by atoms with Gasteiger partial charge in [-0.15, -0.1) is 0 Å². The van der Waals surface area contributed by atoms with E-state index in [1.807, 2.05) is 18.2 Å². The summed E-state index contributed by atoms with van der Waals surface area (Å²) in [4.78, 5) is 17.4. The van der Waals surface area contributed by atoms with Crippen molar-refractivity contribution in [3.63, 3.8) is 0 Å². The fourth-order valence-electron chi connectivity index (χ4n) is 1.58. The SMILES string of the molecule is CON(C(=O)c1ccc(Cl)cc1)c1ccccc1. The summed E-state index contributed by atoms with van der Waals surface area (Å²) in [6.45, 7) is 0. The zero-order chi connectivity index (χ0) is 13.0. The van der Waals surface area contributed by atoms with Gasteiger partial charge in [-0.1, -0.05) is 29.8 Å². The van der Waals surface area contributed by atoms with Crippen molar-refractivity contribution >= 4 is 23.2 Å². The molecule has 0 radical (unpaired) electrons. The molecule has 2 rings (SSSR count). The lowest BCUT2D eigenvalue weighted by Crippen LogP contribution is -2.29. The Balaban J connectivity index is 2.28. The summed E-state index contributed by atoms with van der Waals surface area (Å²) in [5.74, 6) is -0.236.